The van der Waals surface area contributed by atoms with Crippen LogP contribution >= 0.6 is 0 Å². The Bertz CT molecular complexity index is 885. The van der Waals surface area contributed by atoms with Crippen molar-refractivity contribution in [2.75, 3.05) is 6.54 Å². The van der Waals surface area contributed by atoms with E-state index in [1.807, 2.05) is 0 Å². The molecule has 2 aliphatic heterocycles. The molecule has 1 aromatic heterocycles. The number of fused-ring (bicyclic) bond motifs is 2. The third kappa shape index (κ3) is 3.24. The number of carbonyl (C=O) groups is 1. The number of rotatable bonds is 4. The van der Waals surface area contributed by atoms with Crippen LogP contribution in [-0.4, -0.2) is 38.2 Å². The van der Waals surface area contributed by atoms with E-state index in [9.17, 15) is 4.79 Å². The number of aromatic nitrogens is 3. The fourth-order valence-electron chi connectivity index (χ4n) is 4.57. The summed E-state index contributed by atoms with van der Waals surface area (Å²) >= 11 is 0. The summed E-state index contributed by atoms with van der Waals surface area (Å²) < 4.78 is 2.06. The van der Waals surface area contributed by atoms with Crippen molar-refractivity contribution in [2.24, 2.45) is 5.92 Å². The summed E-state index contributed by atoms with van der Waals surface area (Å²) in [7, 11) is 0. The lowest BCUT2D eigenvalue weighted by molar-refractivity contribution is -0.138. The molecule has 3 heterocycles. The van der Waals surface area contributed by atoms with Crippen LogP contribution in [0, 0.1) is 5.92 Å². The third-order valence-electron chi connectivity index (χ3n) is 6.24. The Hall–Kier alpha value is -2.21. The number of benzene rings is 1. The van der Waals surface area contributed by atoms with Crippen LogP contribution in [-0.2, 0) is 24.3 Å². The second-order valence-electron chi connectivity index (χ2n) is 8.91. The first-order valence-corrected chi connectivity index (χ1v) is 10.7. The number of hydrogen-bond acceptors (Lipinski definition) is 4. The largest absolute Gasteiger partial charge is 0.329 e. The van der Waals surface area contributed by atoms with Crippen molar-refractivity contribution < 1.29 is 4.79 Å². The molecule has 1 aromatic carbocycles. The summed E-state index contributed by atoms with van der Waals surface area (Å²) in [6.45, 7) is 6.66. The summed E-state index contributed by atoms with van der Waals surface area (Å²) in [6, 6.07) is 8.30. The maximum absolute atomic E-state index is 13.5. The molecule has 2 atom stereocenters. The predicted octanol–water partition coefficient (Wildman–Crippen LogP) is 2.80. The van der Waals surface area contributed by atoms with E-state index in [0.717, 1.165) is 44.1 Å². The first-order valence-electron chi connectivity index (χ1n) is 10.7. The monoisotopic (exact) mass is 379 g/mol. The minimum absolute atomic E-state index is 0.0280. The van der Waals surface area contributed by atoms with Gasteiger partial charge in [0.15, 0.2) is 5.82 Å². The third-order valence-corrected chi connectivity index (χ3v) is 6.24. The molecule has 148 valence electrons. The fourth-order valence-corrected chi connectivity index (χ4v) is 4.57. The molecule has 5 rings (SSSR count). The molecule has 3 aliphatic rings. The van der Waals surface area contributed by atoms with Gasteiger partial charge >= 0.3 is 0 Å². The predicted molar refractivity (Wildman–Crippen MR) is 107 cm³/mol. The minimum Gasteiger partial charge on any atom is -0.329 e. The Morgan fingerprint density at radius 3 is 2.75 bits per heavy atom. The van der Waals surface area contributed by atoms with Gasteiger partial charge in [0.25, 0.3) is 0 Å². The molecule has 1 aliphatic carbocycles. The number of nitrogens with zero attached hydrogens (tertiary/aromatic N) is 4. The molecule has 0 bridgehead atoms. The molecule has 6 heteroatoms. The highest BCUT2D eigenvalue weighted by Gasteiger charge is 2.39. The van der Waals surface area contributed by atoms with Gasteiger partial charge in [-0.05, 0) is 42.7 Å². The molecule has 28 heavy (non-hydrogen) atoms. The van der Waals surface area contributed by atoms with Crippen LogP contribution in [0.5, 0.6) is 0 Å². The zero-order valence-electron chi connectivity index (χ0n) is 16.8. The zero-order valence-corrected chi connectivity index (χ0v) is 16.8. The topological polar surface area (TPSA) is 63.1 Å². The molecular formula is C22H29N5O. The van der Waals surface area contributed by atoms with Crippen LogP contribution in [0.2, 0.25) is 0 Å². The van der Waals surface area contributed by atoms with Crippen LogP contribution < -0.4 is 5.32 Å². The number of hydrogen-bond donors (Lipinski definition) is 1. The van der Waals surface area contributed by atoms with E-state index in [-0.39, 0.29) is 18.0 Å². The van der Waals surface area contributed by atoms with Crippen molar-refractivity contribution in [3.8, 4) is 0 Å². The normalized spacial score (nSPS) is 24.2. The van der Waals surface area contributed by atoms with Crippen LogP contribution in [0.3, 0.4) is 0 Å². The average Bonchev–Trinajstić information content (AvgIpc) is 3.46. The summed E-state index contributed by atoms with van der Waals surface area (Å²) in [5.41, 5.74) is 2.59. The van der Waals surface area contributed by atoms with E-state index in [0.29, 0.717) is 11.8 Å². The summed E-state index contributed by atoms with van der Waals surface area (Å²) in [5, 5.41) is 8.23. The highest BCUT2D eigenvalue weighted by atomic mass is 16.2. The first-order chi connectivity index (χ1) is 13.6. The van der Waals surface area contributed by atoms with Crippen molar-refractivity contribution in [3.63, 3.8) is 0 Å². The average molecular weight is 380 g/mol. The summed E-state index contributed by atoms with van der Waals surface area (Å²) in [5.74, 6) is 3.22. The Kier molecular flexibility index (Phi) is 4.46. The molecule has 1 amide bonds. The summed E-state index contributed by atoms with van der Waals surface area (Å²) in [4.78, 5) is 20.5. The van der Waals surface area contributed by atoms with E-state index in [1.54, 1.807) is 0 Å². The lowest BCUT2D eigenvalue weighted by atomic mass is 9.93. The lowest BCUT2D eigenvalue weighted by Gasteiger charge is -2.39. The van der Waals surface area contributed by atoms with Gasteiger partial charge in [0.1, 0.15) is 5.82 Å². The van der Waals surface area contributed by atoms with Crippen molar-refractivity contribution in [2.45, 2.75) is 70.6 Å². The van der Waals surface area contributed by atoms with Gasteiger partial charge in [0.2, 0.25) is 5.91 Å². The number of amides is 1. The fraction of sp³-hybridized carbons (Fsp3) is 0.591. The molecule has 1 saturated carbocycles. The highest BCUT2D eigenvalue weighted by molar-refractivity contribution is 5.83. The molecule has 1 fully saturated rings. The Labute approximate surface area is 166 Å². The van der Waals surface area contributed by atoms with Crippen LogP contribution in [0.15, 0.2) is 24.3 Å². The number of carbonyl (C=O) groups excluding carboxylic acids is 1. The summed E-state index contributed by atoms with van der Waals surface area (Å²) in [6.07, 6.45) is 4.09. The van der Waals surface area contributed by atoms with Crippen LogP contribution in [0.25, 0.3) is 0 Å². The van der Waals surface area contributed by atoms with Crippen LogP contribution in [0.1, 0.15) is 67.8 Å². The maximum Gasteiger partial charge on any atom is 0.240 e. The van der Waals surface area contributed by atoms with Crippen molar-refractivity contribution in [1.29, 1.82) is 0 Å². The second kappa shape index (κ2) is 6.99. The van der Waals surface area contributed by atoms with E-state index in [2.05, 4.69) is 53.0 Å². The zero-order chi connectivity index (χ0) is 19.3. The molecule has 2 aromatic rings. The maximum atomic E-state index is 13.5. The van der Waals surface area contributed by atoms with Gasteiger partial charge in [-0.2, -0.15) is 5.10 Å². The molecular weight excluding hydrogens is 350 g/mol. The van der Waals surface area contributed by atoms with Gasteiger partial charge in [-0.1, -0.05) is 38.1 Å². The number of nitrogens with one attached hydrogen (secondary N) is 1. The molecule has 1 N–H and O–H groups in total. The van der Waals surface area contributed by atoms with Crippen LogP contribution in [0.4, 0.5) is 0 Å². The Morgan fingerprint density at radius 1 is 1.21 bits per heavy atom. The minimum atomic E-state index is -0.151. The van der Waals surface area contributed by atoms with Gasteiger partial charge in [-0.25, -0.2) is 9.67 Å². The van der Waals surface area contributed by atoms with E-state index in [1.165, 1.54) is 24.0 Å². The van der Waals surface area contributed by atoms with E-state index in [4.69, 9.17) is 10.1 Å². The van der Waals surface area contributed by atoms with Crippen molar-refractivity contribution in [1.82, 2.24) is 25.0 Å². The quantitative estimate of drug-likeness (QED) is 0.887. The van der Waals surface area contributed by atoms with Crippen molar-refractivity contribution in [3.05, 3.63) is 47.0 Å². The Morgan fingerprint density at radius 2 is 2.00 bits per heavy atom. The first kappa shape index (κ1) is 17.9. The van der Waals surface area contributed by atoms with Crippen molar-refractivity contribution >= 4 is 5.91 Å². The second-order valence-corrected chi connectivity index (χ2v) is 8.91. The molecule has 0 unspecified atom stereocenters. The smallest absolute Gasteiger partial charge is 0.240 e. The highest BCUT2D eigenvalue weighted by Crippen LogP contribution is 2.40. The Balaban J connectivity index is 1.40. The molecule has 0 saturated heterocycles. The molecule has 0 spiro atoms. The molecule has 6 nitrogen and oxygen atoms in total. The van der Waals surface area contributed by atoms with E-state index < -0.39 is 0 Å². The standard InChI is InChI=1S/C22H29N5O/c1-14(2)11-19-21-24-20(15-7-8-15)25-27(21)10-9-26(19)22(28)18-12-16-5-3-4-6-17(16)13-23-18/h3-6,14-15,18-19,23H,7-13H2,1-2H3/t18-,19+/m1/s1. The van der Waals surface area contributed by atoms with Gasteiger partial charge in [-0.15, -0.1) is 0 Å². The lowest BCUT2D eigenvalue weighted by Crippen LogP contribution is -2.53. The van der Waals surface area contributed by atoms with Gasteiger partial charge in [0.05, 0.1) is 18.6 Å². The van der Waals surface area contributed by atoms with E-state index >= 15 is 0 Å². The SMILES string of the molecule is CC(C)C[C@H]1c2nc(C3CC3)nn2CCN1C(=O)[C@H]1Cc2ccccc2CN1. The van der Waals surface area contributed by atoms with Gasteiger partial charge in [-0.3, -0.25) is 4.79 Å². The molecule has 0 radical (unpaired) electrons. The van der Waals surface area contributed by atoms with Gasteiger partial charge < -0.3 is 10.2 Å². The van der Waals surface area contributed by atoms with Gasteiger partial charge in [0, 0.05) is 19.0 Å².